The van der Waals surface area contributed by atoms with Crippen molar-refractivity contribution in [2.75, 3.05) is 5.43 Å². The molecule has 0 atom stereocenters. The first-order valence-corrected chi connectivity index (χ1v) is 6.71. The Morgan fingerprint density at radius 1 is 1.25 bits per heavy atom. The minimum absolute atomic E-state index is 0.702. The van der Waals surface area contributed by atoms with Crippen molar-refractivity contribution in [3.63, 3.8) is 0 Å². The monoisotopic (exact) mass is 287 g/mol. The number of nitrogens with zero attached hydrogens (tertiary/aromatic N) is 3. The van der Waals surface area contributed by atoms with Gasteiger partial charge in [-0.2, -0.15) is 9.61 Å². The average molecular weight is 288 g/mol. The summed E-state index contributed by atoms with van der Waals surface area (Å²) in [4.78, 5) is 4.54. The molecule has 3 rings (SSSR count). The van der Waals surface area contributed by atoms with Crippen molar-refractivity contribution >= 4 is 23.1 Å². The Morgan fingerprint density at radius 3 is 2.65 bits per heavy atom. The maximum absolute atomic E-state index is 5.90. The van der Waals surface area contributed by atoms with E-state index in [1.54, 1.807) is 4.52 Å². The Balaban J connectivity index is 2.16. The van der Waals surface area contributed by atoms with Gasteiger partial charge < -0.3 is 5.43 Å². The first-order valence-electron chi connectivity index (χ1n) is 6.33. The number of nitrogen functional groups attached to an aromatic ring is 1. The number of hydrogen-bond donors (Lipinski definition) is 2. The number of hydrazine groups is 1. The molecule has 0 unspecified atom stereocenters. The molecule has 6 heteroatoms. The molecule has 0 bridgehead atoms. The molecule has 0 saturated carbocycles. The van der Waals surface area contributed by atoms with Gasteiger partial charge in [0.15, 0.2) is 5.65 Å². The lowest BCUT2D eigenvalue weighted by molar-refractivity contribution is 0.913. The van der Waals surface area contributed by atoms with E-state index in [1.165, 1.54) is 0 Å². The molecule has 102 valence electrons. The summed E-state index contributed by atoms with van der Waals surface area (Å²) in [7, 11) is 0. The van der Waals surface area contributed by atoms with E-state index in [9.17, 15) is 0 Å². The van der Waals surface area contributed by atoms with Crippen molar-refractivity contribution in [3.8, 4) is 11.3 Å². The van der Waals surface area contributed by atoms with E-state index in [1.807, 2.05) is 36.4 Å². The van der Waals surface area contributed by atoms with Crippen molar-refractivity contribution in [1.29, 1.82) is 0 Å². The molecule has 3 aromatic rings. The van der Waals surface area contributed by atoms with Gasteiger partial charge in [0.1, 0.15) is 5.82 Å². The van der Waals surface area contributed by atoms with Crippen LogP contribution in [0.1, 0.15) is 12.6 Å². The lowest BCUT2D eigenvalue weighted by atomic mass is 10.1. The summed E-state index contributed by atoms with van der Waals surface area (Å²) >= 11 is 5.90. The standard InChI is InChI=1S/C14H14ClN5/c1-2-11-7-14(18-16)20-13(17-11)8-12(19-20)9-3-5-10(15)6-4-9/h3-8,18H,2,16H2,1H3. The molecule has 0 spiro atoms. The Bertz CT molecular complexity index is 748. The number of fused-ring (bicyclic) bond motifs is 1. The number of rotatable bonds is 3. The van der Waals surface area contributed by atoms with E-state index < -0.39 is 0 Å². The summed E-state index contributed by atoms with van der Waals surface area (Å²) < 4.78 is 1.70. The molecule has 0 aliphatic rings. The fraction of sp³-hybridized carbons (Fsp3) is 0.143. The second-order valence-corrected chi connectivity index (χ2v) is 4.87. The second-order valence-electron chi connectivity index (χ2n) is 4.44. The Morgan fingerprint density at radius 2 is 2.00 bits per heavy atom. The number of aromatic nitrogens is 3. The summed E-state index contributed by atoms with van der Waals surface area (Å²) in [5.41, 5.74) is 6.21. The maximum Gasteiger partial charge on any atom is 0.158 e. The van der Waals surface area contributed by atoms with Crippen LogP contribution in [0.4, 0.5) is 5.82 Å². The highest BCUT2D eigenvalue weighted by atomic mass is 35.5. The fourth-order valence-electron chi connectivity index (χ4n) is 2.07. The third-order valence-electron chi connectivity index (χ3n) is 3.13. The lowest BCUT2D eigenvalue weighted by Gasteiger charge is -2.05. The number of aryl methyl sites for hydroxylation is 1. The SMILES string of the molecule is CCc1cc(NN)n2nc(-c3ccc(Cl)cc3)cc2n1. The van der Waals surface area contributed by atoms with Crippen LogP contribution in [0.15, 0.2) is 36.4 Å². The molecule has 0 saturated heterocycles. The predicted octanol–water partition coefficient (Wildman–Crippen LogP) is 2.90. The van der Waals surface area contributed by atoms with Gasteiger partial charge in [-0.25, -0.2) is 10.8 Å². The van der Waals surface area contributed by atoms with Crippen molar-refractivity contribution < 1.29 is 0 Å². The number of nitrogens with two attached hydrogens (primary N) is 1. The van der Waals surface area contributed by atoms with Gasteiger partial charge in [-0.05, 0) is 18.6 Å². The molecule has 2 heterocycles. The molecule has 3 N–H and O–H groups in total. The third-order valence-corrected chi connectivity index (χ3v) is 3.38. The first-order chi connectivity index (χ1) is 9.71. The average Bonchev–Trinajstić information content (AvgIpc) is 2.90. The van der Waals surface area contributed by atoms with Crippen LogP contribution in [-0.2, 0) is 6.42 Å². The van der Waals surface area contributed by atoms with Crippen molar-refractivity contribution in [3.05, 3.63) is 47.1 Å². The highest BCUT2D eigenvalue weighted by Gasteiger charge is 2.09. The molecule has 0 aliphatic carbocycles. The quantitative estimate of drug-likeness (QED) is 0.574. The highest BCUT2D eigenvalue weighted by Crippen LogP contribution is 2.23. The molecule has 5 nitrogen and oxygen atoms in total. The summed E-state index contributed by atoms with van der Waals surface area (Å²) in [6.07, 6.45) is 0.840. The van der Waals surface area contributed by atoms with Crippen LogP contribution in [0.2, 0.25) is 5.02 Å². The van der Waals surface area contributed by atoms with E-state index in [-0.39, 0.29) is 0 Å². The zero-order chi connectivity index (χ0) is 14.1. The van der Waals surface area contributed by atoms with Gasteiger partial charge in [0.05, 0.1) is 5.69 Å². The Kier molecular flexibility index (Phi) is 3.30. The zero-order valence-electron chi connectivity index (χ0n) is 11.0. The van der Waals surface area contributed by atoms with Crippen LogP contribution in [0.25, 0.3) is 16.9 Å². The van der Waals surface area contributed by atoms with E-state index in [0.29, 0.717) is 10.8 Å². The van der Waals surface area contributed by atoms with Crippen LogP contribution in [0.5, 0.6) is 0 Å². The second kappa shape index (κ2) is 5.11. The molecular formula is C14H14ClN5. The van der Waals surface area contributed by atoms with E-state index >= 15 is 0 Å². The topological polar surface area (TPSA) is 68.2 Å². The first kappa shape index (κ1) is 12.9. The van der Waals surface area contributed by atoms with Gasteiger partial charge in [0, 0.05) is 28.4 Å². The van der Waals surface area contributed by atoms with Crippen LogP contribution in [0, 0.1) is 0 Å². The van der Waals surface area contributed by atoms with Crippen LogP contribution in [0.3, 0.4) is 0 Å². The largest absolute Gasteiger partial charge is 0.308 e. The van der Waals surface area contributed by atoms with Crippen molar-refractivity contribution in [2.45, 2.75) is 13.3 Å². The van der Waals surface area contributed by atoms with Gasteiger partial charge >= 0.3 is 0 Å². The summed E-state index contributed by atoms with van der Waals surface area (Å²) in [6.45, 7) is 2.05. The summed E-state index contributed by atoms with van der Waals surface area (Å²) in [5.74, 6) is 6.27. The predicted molar refractivity (Wildman–Crippen MR) is 80.6 cm³/mol. The minimum Gasteiger partial charge on any atom is -0.308 e. The van der Waals surface area contributed by atoms with Crippen molar-refractivity contribution in [1.82, 2.24) is 14.6 Å². The van der Waals surface area contributed by atoms with E-state index in [4.69, 9.17) is 17.4 Å². The Hall–Kier alpha value is -2.11. The van der Waals surface area contributed by atoms with Gasteiger partial charge in [-0.15, -0.1) is 0 Å². The van der Waals surface area contributed by atoms with Crippen LogP contribution < -0.4 is 11.3 Å². The smallest absolute Gasteiger partial charge is 0.158 e. The number of halogens is 1. The molecular weight excluding hydrogens is 274 g/mol. The zero-order valence-corrected chi connectivity index (χ0v) is 11.7. The molecule has 0 aliphatic heterocycles. The third kappa shape index (κ3) is 2.21. The molecule has 20 heavy (non-hydrogen) atoms. The van der Waals surface area contributed by atoms with Gasteiger partial charge in [0.25, 0.3) is 0 Å². The normalized spacial score (nSPS) is 10.9. The van der Waals surface area contributed by atoms with Gasteiger partial charge in [-0.1, -0.05) is 30.7 Å². The minimum atomic E-state index is 0.702. The van der Waals surface area contributed by atoms with Crippen LogP contribution >= 0.6 is 11.6 Å². The highest BCUT2D eigenvalue weighted by molar-refractivity contribution is 6.30. The van der Waals surface area contributed by atoms with Gasteiger partial charge in [-0.3, -0.25) is 0 Å². The van der Waals surface area contributed by atoms with E-state index in [2.05, 4.69) is 22.4 Å². The summed E-state index contributed by atoms with van der Waals surface area (Å²) in [6, 6.07) is 11.4. The fourth-order valence-corrected chi connectivity index (χ4v) is 2.20. The van der Waals surface area contributed by atoms with Gasteiger partial charge in [0.2, 0.25) is 0 Å². The molecule has 2 aromatic heterocycles. The molecule has 0 radical (unpaired) electrons. The summed E-state index contributed by atoms with van der Waals surface area (Å²) in [5, 5.41) is 5.23. The van der Waals surface area contributed by atoms with Crippen LogP contribution in [-0.4, -0.2) is 14.6 Å². The maximum atomic E-state index is 5.90. The van der Waals surface area contributed by atoms with Crippen molar-refractivity contribution in [2.24, 2.45) is 5.84 Å². The van der Waals surface area contributed by atoms with E-state index in [0.717, 1.165) is 29.0 Å². The number of benzene rings is 1. The number of hydrogen-bond acceptors (Lipinski definition) is 4. The lowest BCUT2D eigenvalue weighted by Crippen LogP contribution is -2.12. The Labute approximate surface area is 121 Å². The molecule has 1 aromatic carbocycles. The number of anilines is 1. The number of nitrogens with one attached hydrogen (secondary N) is 1. The molecule has 0 amide bonds. The molecule has 0 fully saturated rings.